The van der Waals surface area contributed by atoms with Gasteiger partial charge in [-0.05, 0) is 18.8 Å². The predicted octanol–water partition coefficient (Wildman–Crippen LogP) is 3.08. The Morgan fingerprint density at radius 1 is 1.35 bits per heavy atom. The Bertz CT molecular complexity index is 1230. The van der Waals surface area contributed by atoms with Crippen LogP contribution in [0.2, 0.25) is 5.21 Å². The van der Waals surface area contributed by atoms with Crippen molar-refractivity contribution >= 4 is 41.2 Å². The number of benzene rings is 1. The molecule has 0 amide bonds. The van der Waals surface area contributed by atoms with Gasteiger partial charge in [-0.2, -0.15) is 0 Å². The number of carbonyl (C=O) groups excluding carboxylic acids is 1. The molecule has 1 aromatic carbocycles. The number of carboxylic acid groups (broad SMARTS) is 1. The first-order valence-electron chi connectivity index (χ1n) is 14.4. The van der Waals surface area contributed by atoms with E-state index in [1.807, 2.05) is 20.8 Å². The Hall–Kier alpha value is -1.67. The van der Waals surface area contributed by atoms with Crippen LogP contribution in [0, 0.1) is 45.7 Å². The summed E-state index contributed by atoms with van der Waals surface area (Å²) < 4.78 is 27.5. The molecule has 3 N–H and O–H groups in total. The van der Waals surface area contributed by atoms with E-state index in [4.69, 9.17) is 9.39 Å². The van der Waals surface area contributed by atoms with E-state index in [9.17, 15) is 24.8 Å². The van der Waals surface area contributed by atoms with Crippen LogP contribution in [0.3, 0.4) is 0 Å². The standard InChI is InChI=1S/C30H41AsBFO7/c1-6-28(4)13-18(29(5)15(2)9-11-30(16(3)26(28)35)12-10-19(34)25(29)30)24(27(36)37)39-20-8-7-17-21(14-31)40-32(38)22(17)23(20)33/h6-8,15-16,18,21,24-26,35,38H,1,9-14,31H2,2-5H3,(H,36,37)/t15-,16+,18+,21?,24?,25+,26+,28-,29-,30+/m1/s1. The summed E-state index contributed by atoms with van der Waals surface area (Å²) in [4.78, 5) is 26.7. The van der Waals surface area contributed by atoms with Gasteiger partial charge in [0.2, 0.25) is 0 Å². The van der Waals surface area contributed by atoms with E-state index in [2.05, 4.69) is 13.5 Å². The smallest absolute Gasteiger partial charge is 0.392 e. The summed E-state index contributed by atoms with van der Waals surface area (Å²) in [5.74, 6) is -3.63. The topological polar surface area (TPSA) is 113 Å². The van der Waals surface area contributed by atoms with Gasteiger partial charge in [-0.25, -0.2) is 0 Å². The minimum atomic E-state index is -1.51. The van der Waals surface area contributed by atoms with Crippen LogP contribution in [0.1, 0.15) is 71.5 Å². The molecular formula is C30H41AsBFO7. The van der Waals surface area contributed by atoms with Crippen LogP contribution < -0.4 is 10.2 Å². The second kappa shape index (κ2) is 10.3. The molecule has 1 aromatic rings. The zero-order valence-corrected chi connectivity index (χ0v) is 26.2. The van der Waals surface area contributed by atoms with Crippen molar-refractivity contribution in [1.82, 2.24) is 0 Å². The number of ether oxygens (including phenoxy) is 1. The molecule has 2 bridgehead atoms. The van der Waals surface area contributed by atoms with Crippen molar-refractivity contribution in [2.24, 2.45) is 39.9 Å². The second-order valence-electron chi connectivity index (χ2n) is 13.2. The fraction of sp³-hybridized carbons (Fsp3) is 0.667. The molecule has 7 nitrogen and oxygen atoms in total. The molecule has 0 aromatic heterocycles. The average Bonchev–Trinajstić information content (AvgIpc) is 3.45. The molecule has 11 atom stereocenters. The van der Waals surface area contributed by atoms with Crippen molar-refractivity contribution in [1.29, 1.82) is 0 Å². The van der Waals surface area contributed by atoms with Crippen molar-refractivity contribution < 1.29 is 38.6 Å². The third-order valence-corrected chi connectivity index (χ3v) is 12.5. The first kappa shape index (κ1) is 29.8. The van der Waals surface area contributed by atoms with Crippen LogP contribution in [-0.2, 0) is 14.2 Å². The van der Waals surface area contributed by atoms with Gasteiger partial charge in [-0.15, -0.1) is 6.58 Å². The molecule has 3 unspecified atom stereocenters. The van der Waals surface area contributed by atoms with Crippen LogP contribution >= 0.6 is 0 Å². The van der Waals surface area contributed by atoms with Crippen LogP contribution in [0.15, 0.2) is 24.8 Å². The number of fused-ring (bicyclic) bond motifs is 1. The third kappa shape index (κ3) is 4.09. The van der Waals surface area contributed by atoms with Gasteiger partial charge in [0.15, 0.2) is 0 Å². The fourth-order valence-corrected chi connectivity index (χ4v) is 9.81. The SMILES string of the molecule is C=C[C@]1(C)C[C@@H](C(Oc2ccc3c(c2F)B(O)OC3C[AsH2])C(=O)O)[C@@]2(C)[C@H](C)CC[C@]3(CCC(=O)[C@H]32)[C@@H](C)[C@@H]1O. The second-order valence-corrected chi connectivity index (χ2v) is 14.2. The minimum absolute atomic E-state index is 0.00749. The van der Waals surface area contributed by atoms with E-state index in [-0.39, 0.29) is 35.3 Å². The number of halogens is 1. The number of aliphatic carboxylic acids is 1. The number of carbonyl (C=O) groups is 2. The molecule has 3 saturated carbocycles. The molecule has 5 rings (SSSR count). The number of ketones is 1. The normalized spacial score (nSPS) is 41.5. The molecule has 1 aliphatic heterocycles. The number of hydrogen-bond acceptors (Lipinski definition) is 6. The summed E-state index contributed by atoms with van der Waals surface area (Å²) in [6.45, 7) is 12.0. The van der Waals surface area contributed by atoms with E-state index >= 15 is 4.39 Å². The van der Waals surface area contributed by atoms with Crippen LogP contribution in [0.25, 0.3) is 0 Å². The van der Waals surface area contributed by atoms with Gasteiger partial charge in [0.25, 0.3) is 0 Å². The monoisotopic (exact) mass is 618 g/mol. The van der Waals surface area contributed by atoms with Crippen LogP contribution in [0.4, 0.5) is 4.39 Å². The summed E-state index contributed by atoms with van der Waals surface area (Å²) in [6, 6.07) is 3.03. The van der Waals surface area contributed by atoms with E-state index in [0.717, 1.165) is 12.8 Å². The number of carboxylic acids is 1. The van der Waals surface area contributed by atoms with E-state index < -0.39 is 65.3 Å². The minimum Gasteiger partial charge on any atom is -0.392 e. The summed E-state index contributed by atoms with van der Waals surface area (Å²) in [6.07, 6.45) is 1.76. The van der Waals surface area contributed by atoms with Crippen LogP contribution in [-0.4, -0.2) is 63.2 Å². The number of Topliss-reactive ketones (excluding diaryl/α,β-unsaturated/α-hetero) is 1. The molecule has 0 saturated heterocycles. The Labute approximate surface area is 244 Å². The fourth-order valence-electron chi connectivity index (χ4n) is 9.05. The van der Waals surface area contributed by atoms with Gasteiger partial charge in [0.1, 0.15) is 0 Å². The molecule has 4 aliphatic rings. The van der Waals surface area contributed by atoms with Gasteiger partial charge in [0.05, 0.1) is 0 Å². The summed E-state index contributed by atoms with van der Waals surface area (Å²) in [5.41, 5.74) is -1.59. The van der Waals surface area contributed by atoms with Crippen molar-refractivity contribution in [2.75, 3.05) is 0 Å². The average molecular weight is 618 g/mol. The first-order chi connectivity index (χ1) is 18.8. The number of aliphatic hydroxyl groups is 1. The van der Waals surface area contributed by atoms with Gasteiger partial charge in [-0.3, -0.25) is 4.79 Å². The molecule has 218 valence electrons. The molecule has 40 heavy (non-hydrogen) atoms. The van der Waals surface area contributed by atoms with E-state index in [1.54, 1.807) is 12.1 Å². The molecule has 1 heterocycles. The molecule has 3 fully saturated rings. The van der Waals surface area contributed by atoms with E-state index in [1.165, 1.54) is 22.9 Å². The Morgan fingerprint density at radius 3 is 2.67 bits per heavy atom. The first-order valence-corrected chi connectivity index (χ1v) is 16.1. The van der Waals surface area contributed by atoms with E-state index in [0.29, 0.717) is 23.6 Å². The molecule has 10 heteroatoms. The Kier molecular flexibility index (Phi) is 7.64. The van der Waals surface area contributed by atoms with Gasteiger partial charge < -0.3 is 5.11 Å². The maximum atomic E-state index is 15.8. The summed E-state index contributed by atoms with van der Waals surface area (Å²) in [5, 5.41) is 33.4. The van der Waals surface area contributed by atoms with Crippen molar-refractivity contribution in [3.63, 3.8) is 0 Å². The number of aliphatic hydroxyl groups excluding tert-OH is 1. The molecule has 0 radical (unpaired) electrons. The van der Waals surface area contributed by atoms with Crippen molar-refractivity contribution in [2.45, 2.75) is 83.3 Å². The Morgan fingerprint density at radius 2 is 2.05 bits per heavy atom. The third-order valence-electron chi connectivity index (χ3n) is 11.6. The number of hydrogen-bond donors (Lipinski definition) is 3. The maximum absolute atomic E-state index is 15.8. The molecule has 0 spiro atoms. The van der Waals surface area contributed by atoms with Gasteiger partial charge in [0, 0.05) is 6.42 Å². The zero-order valence-electron chi connectivity index (χ0n) is 23.7. The predicted molar refractivity (Wildman–Crippen MR) is 151 cm³/mol. The quantitative estimate of drug-likeness (QED) is 0.332. The van der Waals surface area contributed by atoms with Crippen molar-refractivity contribution in [3.8, 4) is 5.75 Å². The van der Waals surface area contributed by atoms with Crippen LogP contribution in [0.5, 0.6) is 5.75 Å². The number of rotatable bonds is 6. The Balaban J connectivity index is 1.66. The summed E-state index contributed by atoms with van der Waals surface area (Å²) >= 11 is 1.39. The van der Waals surface area contributed by atoms with Crippen molar-refractivity contribution in [3.05, 3.63) is 36.2 Å². The molecule has 3 aliphatic carbocycles. The van der Waals surface area contributed by atoms with Gasteiger partial charge >= 0.3 is 196 Å². The van der Waals surface area contributed by atoms with Gasteiger partial charge in [-0.1, -0.05) is 6.92 Å². The summed E-state index contributed by atoms with van der Waals surface area (Å²) in [7, 11) is -1.46. The molecular weight excluding hydrogens is 577 g/mol. The zero-order chi connectivity index (χ0) is 29.4.